The second kappa shape index (κ2) is 6.39. The van der Waals surface area contributed by atoms with E-state index in [4.69, 9.17) is 0 Å². The molecule has 0 radical (unpaired) electrons. The fourth-order valence-electron chi connectivity index (χ4n) is 1.72. The van der Waals surface area contributed by atoms with Crippen molar-refractivity contribution in [3.05, 3.63) is 53.4 Å². The molecule has 0 fully saturated rings. The summed E-state index contributed by atoms with van der Waals surface area (Å²) in [5.41, 5.74) is 0.639. The molecule has 0 bridgehead atoms. The second-order valence-corrected chi connectivity index (χ2v) is 9.04. The zero-order chi connectivity index (χ0) is 15.5. The molecule has 0 saturated carbocycles. The van der Waals surface area contributed by atoms with Crippen molar-refractivity contribution in [1.29, 1.82) is 0 Å². The van der Waals surface area contributed by atoms with Crippen molar-refractivity contribution in [2.45, 2.75) is 16.4 Å². The summed E-state index contributed by atoms with van der Waals surface area (Å²) >= 11 is 0.985. The number of sulfonamides is 1. The highest BCUT2D eigenvalue weighted by Gasteiger charge is 2.33. The highest BCUT2D eigenvalue weighted by Crippen LogP contribution is 2.42. The third kappa shape index (κ3) is 4.47. The van der Waals surface area contributed by atoms with Crippen molar-refractivity contribution in [3.8, 4) is 0 Å². The van der Waals surface area contributed by atoms with E-state index in [0.717, 1.165) is 11.3 Å². The molecule has 114 valence electrons. The van der Waals surface area contributed by atoms with Crippen LogP contribution in [0.5, 0.6) is 0 Å². The van der Waals surface area contributed by atoms with Gasteiger partial charge in [-0.3, -0.25) is 4.57 Å². The molecule has 1 unspecified atom stereocenters. The van der Waals surface area contributed by atoms with Crippen molar-refractivity contribution in [3.63, 3.8) is 0 Å². The van der Waals surface area contributed by atoms with Crippen LogP contribution in [0.1, 0.15) is 5.56 Å². The van der Waals surface area contributed by atoms with Gasteiger partial charge in [0.2, 0.25) is 0 Å². The van der Waals surface area contributed by atoms with Gasteiger partial charge in [-0.25, -0.2) is 8.42 Å². The third-order valence-corrected chi connectivity index (χ3v) is 6.90. The lowest BCUT2D eigenvalue weighted by molar-refractivity contribution is 0.353. The van der Waals surface area contributed by atoms with Crippen molar-refractivity contribution < 1.29 is 22.8 Å². The molecule has 1 aromatic heterocycles. The molecule has 0 saturated heterocycles. The fourth-order valence-corrected chi connectivity index (χ4v) is 5.22. The summed E-state index contributed by atoms with van der Waals surface area (Å²) < 4.78 is 37.9. The number of benzene rings is 1. The lowest BCUT2D eigenvalue weighted by atomic mass is 10.1. The molecule has 9 heteroatoms. The zero-order valence-electron chi connectivity index (χ0n) is 10.8. The predicted octanol–water partition coefficient (Wildman–Crippen LogP) is 1.77. The first kappa shape index (κ1) is 16.4. The van der Waals surface area contributed by atoms with E-state index in [9.17, 15) is 22.8 Å². The maximum Gasteiger partial charge on any atom is 0.343 e. The van der Waals surface area contributed by atoms with Crippen molar-refractivity contribution in [2.24, 2.45) is 0 Å². The first-order valence-electron chi connectivity index (χ1n) is 5.94. The monoisotopic (exact) mass is 347 g/mol. The number of hydrogen-bond acceptors (Lipinski definition) is 4. The quantitative estimate of drug-likeness (QED) is 0.691. The molecule has 0 amide bonds. The molecule has 1 atom stereocenters. The van der Waals surface area contributed by atoms with Gasteiger partial charge in [0, 0.05) is 6.42 Å². The minimum atomic E-state index is -4.63. The lowest BCUT2D eigenvalue weighted by Crippen LogP contribution is -2.36. The Labute approximate surface area is 126 Å². The predicted molar refractivity (Wildman–Crippen MR) is 80.6 cm³/mol. The van der Waals surface area contributed by atoms with E-state index in [-0.39, 0.29) is 10.6 Å². The van der Waals surface area contributed by atoms with Gasteiger partial charge in [0.25, 0.3) is 10.0 Å². The topological polar surface area (TPSA) is 104 Å². The summed E-state index contributed by atoms with van der Waals surface area (Å²) in [7, 11) is -8.57. The Morgan fingerprint density at radius 1 is 1.14 bits per heavy atom. The number of thiophene rings is 1. The Hall–Kier alpha value is -1.02. The van der Waals surface area contributed by atoms with E-state index in [2.05, 4.69) is 4.72 Å². The highest BCUT2D eigenvalue weighted by atomic mass is 32.2. The van der Waals surface area contributed by atoms with Crippen LogP contribution in [-0.2, 0) is 21.0 Å². The molecule has 1 heterocycles. The van der Waals surface area contributed by atoms with Gasteiger partial charge in [0.1, 0.15) is 9.99 Å². The van der Waals surface area contributed by atoms with Crippen LogP contribution in [0.25, 0.3) is 0 Å². The van der Waals surface area contributed by atoms with E-state index in [1.807, 2.05) is 0 Å². The van der Waals surface area contributed by atoms with Crippen LogP contribution < -0.4 is 4.72 Å². The molecule has 3 N–H and O–H groups in total. The molecule has 2 aromatic rings. The molecule has 0 aliphatic rings. The lowest BCUT2D eigenvalue weighted by Gasteiger charge is -2.19. The molecule has 2 rings (SSSR count). The van der Waals surface area contributed by atoms with Crippen LogP contribution in [0.15, 0.2) is 52.1 Å². The number of rotatable bonds is 6. The fraction of sp³-hybridized carbons (Fsp3) is 0.167. The van der Waals surface area contributed by atoms with Crippen molar-refractivity contribution in [1.82, 2.24) is 4.72 Å². The van der Waals surface area contributed by atoms with Gasteiger partial charge < -0.3 is 9.79 Å². The van der Waals surface area contributed by atoms with Gasteiger partial charge in [-0.15, -0.1) is 11.3 Å². The van der Waals surface area contributed by atoms with Gasteiger partial charge >= 0.3 is 7.60 Å². The van der Waals surface area contributed by atoms with Gasteiger partial charge in [0.15, 0.2) is 0 Å². The van der Waals surface area contributed by atoms with Gasteiger partial charge in [-0.05, 0) is 17.0 Å². The van der Waals surface area contributed by atoms with Crippen molar-refractivity contribution >= 4 is 29.0 Å². The highest BCUT2D eigenvalue weighted by molar-refractivity contribution is 7.91. The molecule has 0 spiro atoms. The largest absolute Gasteiger partial charge is 0.343 e. The Balaban J connectivity index is 2.24. The van der Waals surface area contributed by atoms with Crippen LogP contribution in [0.2, 0.25) is 0 Å². The first-order valence-corrected chi connectivity index (χ1v) is 9.98. The number of hydrogen-bond donors (Lipinski definition) is 3. The summed E-state index contributed by atoms with van der Waals surface area (Å²) in [4.78, 5) is 18.8. The average molecular weight is 347 g/mol. The van der Waals surface area contributed by atoms with Crippen molar-refractivity contribution in [2.75, 3.05) is 0 Å². The van der Waals surface area contributed by atoms with Gasteiger partial charge in [-0.2, -0.15) is 4.72 Å². The summed E-state index contributed by atoms with van der Waals surface area (Å²) in [5, 5.41) is 1.58. The number of nitrogens with one attached hydrogen (secondary N) is 1. The second-order valence-electron chi connectivity index (χ2n) is 4.35. The molecule has 6 nitrogen and oxygen atoms in total. The zero-order valence-corrected chi connectivity index (χ0v) is 13.3. The van der Waals surface area contributed by atoms with Crippen LogP contribution in [0, 0.1) is 0 Å². The third-order valence-electron chi connectivity index (χ3n) is 2.73. The van der Waals surface area contributed by atoms with Crippen LogP contribution in [0.3, 0.4) is 0 Å². The van der Waals surface area contributed by atoms with Gasteiger partial charge in [0.05, 0.1) is 0 Å². The Kier molecular flexibility index (Phi) is 4.98. The minimum absolute atomic E-state index is 0.0222. The Morgan fingerprint density at radius 2 is 1.81 bits per heavy atom. The smallest absolute Gasteiger partial charge is 0.323 e. The standard InChI is InChI=1S/C12H14NO5PS2/c14-19(15,16)11(9-10-5-2-1-3-6-10)13-21(17,18)12-7-4-8-20-12/h1-8,11,13H,9H2,(H2,14,15,16). The molecular weight excluding hydrogens is 333 g/mol. The molecule has 0 aliphatic carbocycles. The SMILES string of the molecule is O=P(O)(O)C(Cc1ccccc1)NS(=O)(=O)c1cccs1. The Bertz CT molecular complexity index is 724. The normalized spacial score (nSPS) is 14.0. The summed E-state index contributed by atoms with van der Waals surface area (Å²) in [6.07, 6.45) is -0.0876. The van der Waals surface area contributed by atoms with E-state index in [0.29, 0.717) is 5.56 Å². The van der Waals surface area contributed by atoms with E-state index >= 15 is 0 Å². The molecular formula is C12H14NO5PS2. The van der Waals surface area contributed by atoms with E-state index in [1.165, 1.54) is 6.07 Å². The maximum atomic E-state index is 12.1. The molecule has 0 aliphatic heterocycles. The first-order chi connectivity index (χ1) is 9.79. The van der Waals surface area contributed by atoms with Crippen LogP contribution in [0.4, 0.5) is 0 Å². The van der Waals surface area contributed by atoms with E-state index in [1.54, 1.807) is 41.8 Å². The average Bonchev–Trinajstić information content (AvgIpc) is 2.92. The molecule has 1 aromatic carbocycles. The Morgan fingerprint density at radius 3 is 2.33 bits per heavy atom. The van der Waals surface area contributed by atoms with Crippen LogP contribution >= 0.6 is 18.9 Å². The maximum absolute atomic E-state index is 12.1. The van der Waals surface area contributed by atoms with Gasteiger partial charge in [-0.1, -0.05) is 36.4 Å². The summed E-state index contributed by atoms with van der Waals surface area (Å²) in [6, 6.07) is 11.5. The summed E-state index contributed by atoms with van der Waals surface area (Å²) in [5.74, 6) is -1.49. The minimum Gasteiger partial charge on any atom is -0.323 e. The van der Waals surface area contributed by atoms with Crippen LogP contribution in [-0.4, -0.2) is 24.0 Å². The molecule has 21 heavy (non-hydrogen) atoms. The van der Waals surface area contributed by atoms with E-state index < -0.39 is 23.4 Å². The summed E-state index contributed by atoms with van der Waals surface area (Å²) in [6.45, 7) is 0.